The molecule has 0 spiro atoms. The van der Waals surface area contributed by atoms with Gasteiger partial charge in [0.05, 0.1) is 0 Å². The number of hydrogen-bond acceptors (Lipinski definition) is 5. The Morgan fingerprint density at radius 3 is 2.59 bits per heavy atom. The van der Waals surface area contributed by atoms with Gasteiger partial charge in [-0.1, -0.05) is 6.92 Å². The first-order valence-corrected chi connectivity index (χ1v) is 5.62. The van der Waals surface area contributed by atoms with Crippen molar-refractivity contribution in [2.24, 2.45) is 19.8 Å². The number of anilines is 1. The molecular formula is C10H19N5O2. The molecule has 0 aliphatic carbocycles. The van der Waals surface area contributed by atoms with Crippen molar-refractivity contribution in [2.45, 2.75) is 25.8 Å². The minimum atomic E-state index is -0.438. The van der Waals surface area contributed by atoms with Gasteiger partial charge < -0.3 is 11.1 Å². The smallest absolute Gasteiger partial charge is 0.346 e. The summed E-state index contributed by atoms with van der Waals surface area (Å²) in [5.41, 5.74) is 4.63. The molecule has 1 aromatic heterocycles. The lowest BCUT2D eigenvalue weighted by atomic mass is 10.1. The zero-order chi connectivity index (χ0) is 13.0. The average molecular weight is 241 g/mol. The van der Waals surface area contributed by atoms with Crippen molar-refractivity contribution >= 4 is 5.82 Å². The highest BCUT2D eigenvalue weighted by Crippen LogP contribution is 2.02. The lowest BCUT2D eigenvalue weighted by molar-refractivity contribution is 0.585. The Morgan fingerprint density at radius 2 is 2.06 bits per heavy atom. The monoisotopic (exact) mass is 241 g/mol. The zero-order valence-electron chi connectivity index (χ0n) is 10.4. The van der Waals surface area contributed by atoms with Crippen molar-refractivity contribution in [1.82, 2.24) is 14.3 Å². The van der Waals surface area contributed by atoms with E-state index in [9.17, 15) is 9.59 Å². The molecule has 0 aliphatic rings. The maximum Gasteiger partial charge on any atom is 0.346 e. The Balaban J connectivity index is 3.07. The predicted octanol–water partition coefficient (Wildman–Crippen LogP) is -0.982. The van der Waals surface area contributed by atoms with Crippen LogP contribution >= 0.6 is 0 Å². The van der Waals surface area contributed by atoms with Crippen molar-refractivity contribution in [3.63, 3.8) is 0 Å². The normalized spacial score (nSPS) is 12.5. The third kappa shape index (κ3) is 2.94. The SMILES string of the molecule is CCC(CCN)Nc1nn(C)c(=O)n(C)c1=O. The van der Waals surface area contributed by atoms with E-state index in [1.54, 1.807) is 0 Å². The Hall–Kier alpha value is -1.63. The molecule has 0 aromatic carbocycles. The van der Waals surface area contributed by atoms with E-state index in [2.05, 4.69) is 10.4 Å². The average Bonchev–Trinajstić information content (AvgIpc) is 2.32. The molecule has 0 radical (unpaired) electrons. The highest BCUT2D eigenvalue weighted by atomic mass is 16.2. The fraction of sp³-hybridized carbons (Fsp3) is 0.700. The molecule has 7 heteroatoms. The van der Waals surface area contributed by atoms with Gasteiger partial charge >= 0.3 is 5.69 Å². The highest BCUT2D eigenvalue weighted by molar-refractivity contribution is 5.30. The summed E-state index contributed by atoms with van der Waals surface area (Å²) in [6.07, 6.45) is 1.59. The van der Waals surface area contributed by atoms with Gasteiger partial charge in [-0.15, -0.1) is 5.10 Å². The minimum absolute atomic E-state index is 0.0951. The summed E-state index contributed by atoms with van der Waals surface area (Å²) >= 11 is 0. The number of nitrogens with one attached hydrogen (secondary N) is 1. The Morgan fingerprint density at radius 1 is 1.41 bits per heavy atom. The van der Waals surface area contributed by atoms with Crippen LogP contribution in [0, 0.1) is 0 Å². The van der Waals surface area contributed by atoms with Crippen molar-refractivity contribution in [1.29, 1.82) is 0 Å². The number of nitrogens with zero attached hydrogens (tertiary/aromatic N) is 3. The van der Waals surface area contributed by atoms with Crippen LogP contribution in [0.15, 0.2) is 9.59 Å². The van der Waals surface area contributed by atoms with Crippen molar-refractivity contribution in [2.75, 3.05) is 11.9 Å². The molecule has 0 amide bonds. The summed E-state index contributed by atoms with van der Waals surface area (Å²) in [5.74, 6) is 0.190. The van der Waals surface area contributed by atoms with E-state index in [0.29, 0.717) is 6.54 Å². The molecular weight excluding hydrogens is 222 g/mol. The molecule has 1 heterocycles. The highest BCUT2D eigenvalue weighted by Gasteiger charge is 2.12. The van der Waals surface area contributed by atoms with Crippen LogP contribution in [0.4, 0.5) is 5.82 Å². The first-order chi connectivity index (χ1) is 8.01. The number of aryl methyl sites for hydroxylation is 1. The molecule has 7 nitrogen and oxygen atoms in total. The summed E-state index contributed by atoms with van der Waals surface area (Å²) in [6, 6.07) is 0.0951. The van der Waals surface area contributed by atoms with Gasteiger partial charge in [-0.05, 0) is 19.4 Å². The number of rotatable bonds is 5. The molecule has 1 rings (SSSR count). The molecule has 0 aliphatic heterocycles. The van der Waals surface area contributed by atoms with Gasteiger partial charge in [-0.2, -0.15) is 0 Å². The van der Waals surface area contributed by atoms with Gasteiger partial charge in [-0.3, -0.25) is 9.36 Å². The quantitative estimate of drug-likeness (QED) is 0.690. The van der Waals surface area contributed by atoms with Crippen LogP contribution in [0.3, 0.4) is 0 Å². The second-order valence-corrected chi connectivity index (χ2v) is 3.95. The molecule has 0 saturated heterocycles. The van der Waals surface area contributed by atoms with Gasteiger partial charge in [0, 0.05) is 20.1 Å². The number of hydrogen-bond donors (Lipinski definition) is 2. The Kier molecular flexibility index (Phi) is 4.45. The standard InChI is InChI=1S/C10H19N5O2/c1-4-7(5-6-11)12-8-9(16)14(2)10(17)15(3)13-8/h7H,4-6,11H2,1-3H3,(H,12,13). The first kappa shape index (κ1) is 13.4. The third-order valence-electron chi connectivity index (χ3n) is 2.67. The summed E-state index contributed by atoms with van der Waals surface area (Å²) in [7, 11) is 2.94. The molecule has 1 atom stereocenters. The van der Waals surface area contributed by atoms with E-state index in [0.717, 1.165) is 22.1 Å². The molecule has 3 N–H and O–H groups in total. The third-order valence-corrected chi connectivity index (χ3v) is 2.67. The summed E-state index contributed by atoms with van der Waals surface area (Å²) in [6.45, 7) is 2.54. The van der Waals surface area contributed by atoms with Crippen LogP contribution in [0.1, 0.15) is 19.8 Å². The van der Waals surface area contributed by atoms with Crippen LogP contribution in [-0.4, -0.2) is 26.9 Å². The fourth-order valence-electron chi connectivity index (χ4n) is 1.56. The molecule has 0 bridgehead atoms. The molecule has 0 fully saturated rings. The topological polar surface area (TPSA) is 94.9 Å². The Labute approximate surface area is 99.2 Å². The van der Waals surface area contributed by atoms with Gasteiger partial charge in [0.1, 0.15) is 0 Å². The molecule has 96 valence electrons. The number of aromatic nitrogens is 3. The first-order valence-electron chi connectivity index (χ1n) is 5.62. The fourth-order valence-corrected chi connectivity index (χ4v) is 1.56. The van der Waals surface area contributed by atoms with Gasteiger partial charge in [-0.25, -0.2) is 9.48 Å². The van der Waals surface area contributed by atoms with Crippen molar-refractivity contribution in [3.8, 4) is 0 Å². The largest absolute Gasteiger partial charge is 0.361 e. The van der Waals surface area contributed by atoms with E-state index in [4.69, 9.17) is 5.73 Å². The summed E-state index contributed by atoms with van der Waals surface area (Å²) in [5, 5.41) is 6.94. The predicted molar refractivity (Wildman–Crippen MR) is 66.1 cm³/mol. The van der Waals surface area contributed by atoms with Gasteiger partial charge in [0.15, 0.2) is 0 Å². The van der Waals surface area contributed by atoms with E-state index in [1.807, 2.05) is 6.92 Å². The van der Waals surface area contributed by atoms with Gasteiger partial charge in [0.25, 0.3) is 5.56 Å². The maximum atomic E-state index is 11.8. The Bertz CT molecular complexity index is 490. The van der Waals surface area contributed by atoms with Gasteiger partial charge in [0.2, 0.25) is 5.82 Å². The van der Waals surface area contributed by atoms with E-state index in [1.165, 1.54) is 14.1 Å². The molecule has 17 heavy (non-hydrogen) atoms. The van der Waals surface area contributed by atoms with E-state index >= 15 is 0 Å². The van der Waals surface area contributed by atoms with E-state index < -0.39 is 11.2 Å². The minimum Gasteiger partial charge on any atom is -0.361 e. The van der Waals surface area contributed by atoms with Crippen LogP contribution < -0.4 is 22.3 Å². The van der Waals surface area contributed by atoms with Crippen molar-refractivity contribution in [3.05, 3.63) is 20.8 Å². The molecule has 0 saturated carbocycles. The summed E-state index contributed by atoms with van der Waals surface area (Å²) < 4.78 is 2.17. The van der Waals surface area contributed by atoms with Crippen LogP contribution in [0.2, 0.25) is 0 Å². The zero-order valence-corrected chi connectivity index (χ0v) is 10.4. The van der Waals surface area contributed by atoms with Crippen LogP contribution in [-0.2, 0) is 14.1 Å². The second kappa shape index (κ2) is 5.62. The lowest BCUT2D eigenvalue weighted by Gasteiger charge is -2.16. The maximum absolute atomic E-state index is 11.8. The number of nitrogens with two attached hydrogens (primary N) is 1. The summed E-state index contributed by atoms with van der Waals surface area (Å²) in [4.78, 5) is 23.2. The molecule has 1 aromatic rings. The molecule has 1 unspecified atom stereocenters. The second-order valence-electron chi connectivity index (χ2n) is 3.95. The lowest BCUT2D eigenvalue weighted by Crippen LogP contribution is -2.41. The van der Waals surface area contributed by atoms with E-state index in [-0.39, 0.29) is 11.9 Å². The van der Waals surface area contributed by atoms with Crippen LogP contribution in [0.5, 0.6) is 0 Å². The van der Waals surface area contributed by atoms with Crippen LogP contribution in [0.25, 0.3) is 0 Å². The van der Waals surface area contributed by atoms with Crippen molar-refractivity contribution < 1.29 is 0 Å².